The summed E-state index contributed by atoms with van der Waals surface area (Å²) in [5, 5.41) is 9.83. The Morgan fingerprint density at radius 2 is 0.628 bits per heavy atom. The highest BCUT2D eigenvalue weighted by molar-refractivity contribution is 7.47. The number of ether oxygens (including phenoxy) is 3. The highest BCUT2D eigenvalue weighted by Gasteiger charge is 2.28. The zero-order valence-corrected chi connectivity index (χ0v) is 51.5. The van der Waals surface area contributed by atoms with Gasteiger partial charge in [0.05, 0.1) is 19.8 Å². The SMILES string of the molecule is CCCCC/C=C\C/C=C\C/C=C\CCCCCCCCC(=O)OCC(COP(=O)(O)OCC(CO)OC(=O)CCCCCCC/C=C\CCCCCC)OC(=O)CCCCCCCCCCCCCCCCCCCCC. The Hall–Kier alpha value is -2.56. The summed E-state index contributed by atoms with van der Waals surface area (Å²) >= 11 is 0. The van der Waals surface area contributed by atoms with Crippen molar-refractivity contribution in [1.82, 2.24) is 0 Å². The normalized spacial score (nSPS) is 13.6. The minimum absolute atomic E-state index is 0.168. The molecule has 78 heavy (non-hydrogen) atoms. The van der Waals surface area contributed by atoms with Crippen LogP contribution in [0.2, 0.25) is 0 Å². The van der Waals surface area contributed by atoms with Gasteiger partial charge in [0.15, 0.2) is 6.10 Å². The third-order valence-electron chi connectivity index (χ3n) is 14.2. The van der Waals surface area contributed by atoms with Crippen molar-refractivity contribution in [1.29, 1.82) is 0 Å². The van der Waals surface area contributed by atoms with Crippen molar-refractivity contribution >= 4 is 25.7 Å². The van der Waals surface area contributed by atoms with Gasteiger partial charge in [0.2, 0.25) is 0 Å². The predicted molar refractivity (Wildman–Crippen MR) is 325 cm³/mol. The molecule has 12 heteroatoms. The zero-order chi connectivity index (χ0) is 56.9. The highest BCUT2D eigenvalue weighted by Crippen LogP contribution is 2.43. The second-order valence-corrected chi connectivity index (χ2v) is 23.4. The fraction of sp³-hybridized carbons (Fsp3) is 0.833. The molecule has 3 unspecified atom stereocenters. The molecular weight excluding hydrogens is 1000 g/mol. The van der Waals surface area contributed by atoms with Gasteiger partial charge < -0.3 is 24.2 Å². The molecule has 0 fully saturated rings. The van der Waals surface area contributed by atoms with Crippen molar-refractivity contribution in [3.63, 3.8) is 0 Å². The number of aliphatic hydroxyl groups is 1. The Morgan fingerprint density at radius 3 is 1.01 bits per heavy atom. The van der Waals surface area contributed by atoms with Gasteiger partial charge >= 0.3 is 25.7 Å². The van der Waals surface area contributed by atoms with Crippen LogP contribution in [0.3, 0.4) is 0 Å². The molecule has 0 aromatic rings. The first-order valence-corrected chi connectivity index (χ1v) is 34.0. The van der Waals surface area contributed by atoms with E-state index in [0.29, 0.717) is 19.3 Å². The lowest BCUT2D eigenvalue weighted by Crippen LogP contribution is -2.30. The van der Waals surface area contributed by atoms with Crippen LogP contribution in [0.4, 0.5) is 0 Å². The Morgan fingerprint density at radius 1 is 0.359 bits per heavy atom. The van der Waals surface area contributed by atoms with Gasteiger partial charge in [-0.1, -0.05) is 262 Å². The highest BCUT2D eigenvalue weighted by atomic mass is 31.2. The summed E-state index contributed by atoms with van der Waals surface area (Å²) in [6.45, 7) is 4.64. The zero-order valence-electron chi connectivity index (χ0n) is 50.6. The van der Waals surface area contributed by atoms with Crippen molar-refractivity contribution in [2.24, 2.45) is 0 Å². The Kier molecular flexibility index (Phi) is 58.5. The first kappa shape index (κ1) is 75.4. The Balaban J connectivity index is 4.70. The van der Waals surface area contributed by atoms with Crippen molar-refractivity contribution in [2.75, 3.05) is 26.4 Å². The summed E-state index contributed by atoms with van der Waals surface area (Å²) in [4.78, 5) is 48.7. The van der Waals surface area contributed by atoms with Gasteiger partial charge in [0, 0.05) is 19.3 Å². The van der Waals surface area contributed by atoms with Crippen molar-refractivity contribution in [3.8, 4) is 0 Å². The molecule has 0 saturated carbocycles. The van der Waals surface area contributed by atoms with E-state index in [0.717, 1.165) is 109 Å². The molecule has 0 bridgehead atoms. The number of phosphoric ester groups is 1. The molecule has 0 aliphatic rings. The van der Waals surface area contributed by atoms with Crippen LogP contribution in [0.5, 0.6) is 0 Å². The molecule has 0 rings (SSSR count). The van der Waals surface area contributed by atoms with Crippen LogP contribution in [0.1, 0.15) is 316 Å². The van der Waals surface area contributed by atoms with Crippen LogP contribution in [0.15, 0.2) is 48.6 Å². The fourth-order valence-electron chi connectivity index (χ4n) is 9.24. The number of hydrogen-bond acceptors (Lipinski definition) is 10. The molecule has 0 saturated heterocycles. The molecule has 0 spiro atoms. The lowest BCUT2D eigenvalue weighted by Gasteiger charge is -2.21. The van der Waals surface area contributed by atoms with Crippen molar-refractivity contribution in [3.05, 3.63) is 48.6 Å². The molecule has 2 N–H and O–H groups in total. The van der Waals surface area contributed by atoms with Gasteiger partial charge in [-0.05, 0) is 83.5 Å². The summed E-state index contributed by atoms with van der Waals surface area (Å²) in [5.74, 6) is -1.47. The summed E-state index contributed by atoms with van der Waals surface area (Å²) in [7, 11) is -4.75. The molecule has 11 nitrogen and oxygen atoms in total. The number of aliphatic hydroxyl groups excluding tert-OH is 1. The van der Waals surface area contributed by atoms with Crippen LogP contribution in [0, 0.1) is 0 Å². The molecular formula is C66H121O11P. The van der Waals surface area contributed by atoms with Gasteiger partial charge in [-0.25, -0.2) is 4.57 Å². The summed E-state index contributed by atoms with van der Waals surface area (Å²) in [6, 6.07) is 0. The largest absolute Gasteiger partial charge is 0.472 e. The van der Waals surface area contributed by atoms with Crippen LogP contribution < -0.4 is 0 Å². The number of hydrogen-bond donors (Lipinski definition) is 2. The lowest BCUT2D eigenvalue weighted by molar-refractivity contribution is -0.161. The van der Waals surface area contributed by atoms with E-state index >= 15 is 0 Å². The van der Waals surface area contributed by atoms with E-state index in [4.69, 9.17) is 23.3 Å². The molecule has 0 aliphatic heterocycles. The van der Waals surface area contributed by atoms with E-state index in [1.807, 2.05) is 0 Å². The Bertz CT molecular complexity index is 1490. The fourth-order valence-corrected chi connectivity index (χ4v) is 10.0. The average molecular weight is 1120 g/mol. The molecule has 0 radical (unpaired) electrons. The third kappa shape index (κ3) is 58.1. The van der Waals surface area contributed by atoms with Crippen LogP contribution in [-0.4, -0.2) is 66.5 Å². The van der Waals surface area contributed by atoms with E-state index in [1.165, 1.54) is 148 Å². The maximum Gasteiger partial charge on any atom is 0.472 e. The first-order chi connectivity index (χ1) is 38.2. The molecule has 0 aliphatic carbocycles. The minimum Gasteiger partial charge on any atom is -0.462 e. The topological polar surface area (TPSA) is 155 Å². The van der Waals surface area contributed by atoms with Crippen LogP contribution >= 0.6 is 7.82 Å². The number of unbranched alkanes of at least 4 members (excludes halogenated alkanes) is 36. The summed E-state index contributed by atoms with van der Waals surface area (Å²) in [5.41, 5.74) is 0. The molecule has 3 atom stereocenters. The molecule has 456 valence electrons. The van der Waals surface area contributed by atoms with Crippen LogP contribution in [-0.2, 0) is 42.2 Å². The summed E-state index contributed by atoms with van der Waals surface area (Å²) < 4.78 is 39.7. The maximum absolute atomic E-state index is 13.0. The molecule has 0 aromatic heterocycles. The number of allylic oxidation sites excluding steroid dienone is 8. The van der Waals surface area contributed by atoms with Gasteiger partial charge in [-0.3, -0.25) is 23.4 Å². The maximum atomic E-state index is 13.0. The molecule has 0 heterocycles. The average Bonchev–Trinajstić information content (AvgIpc) is 3.43. The van der Waals surface area contributed by atoms with Gasteiger partial charge in [0.25, 0.3) is 0 Å². The number of phosphoric acid groups is 1. The Labute approximate surface area is 479 Å². The quantitative estimate of drug-likeness (QED) is 0.0197. The number of rotatable bonds is 61. The minimum atomic E-state index is -4.75. The number of esters is 3. The van der Waals surface area contributed by atoms with E-state index < -0.39 is 57.8 Å². The van der Waals surface area contributed by atoms with Gasteiger partial charge in [-0.15, -0.1) is 0 Å². The van der Waals surface area contributed by atoms with Crippen LogP contribution in [0.25, 0.3) is 0 Å². The monoisotopic (exact) mass is 1120 g/mol. The second-order valence-electron chi connectivity index (χ2n) is 21.9. The van der Waals surface area contributed by atoms with Gasteiger partial charge in [0.1, 0.15) is 12.7 Å². The van der Waals surface area contributed by atoms with Crippen molar-refractivity contribution < 1.29 is 52.2 Å². The summed E-state index contributed by atoms with van der Waals surface area (Å²) in [6.07, 6.45) is 66.3. The predicted octanol–water partition coefficient (Wildman–Crippen LogP) is 19.7. The molecule has 0 amide bonds. The first-order valence-electron chi connectivity index (χ1n) is 32.5. The van der Waals surface area contributed by atoms with E-state index in [-0.39, 0.29) is 25.9 Å². The lowest BCUT2D eigenvalue weighted by atomic mass is 10.0. The third-order valence-corrected chi connectivity index (χ3v) is 15.2. The second kappa shape index (κ2) is 60.5. The standard InChI is InChI=1S/C66H121O11P/c1-4-7-10-13-16-19-22-25-27-29-31-33-35-38-40-43-46-49-52-55-64(68)73-59-63(77-66(70)57-54-51-48-45-42-39-36-34-32-30-28-26-23-20-17-14-11-8-5-2)61-75-78(71,72)74-60-62(58-67)76-65(69)56-53-50-47-44-41-37-24-21-18-15-12-9-6-3/h16,19,21,24-25,27,31,33,62-63,67H,4-15,17-18,20,22-23,26,28-30,32,34-61H2,1-3H3,(H,71,72)/b19-16-,24-21-,27-25-,33-31-. The number of carbonyl (C=O) groups excluding carboxylic acids is 3. The smallest absolute Gasteiger partial charge is 0.462 e. The molecule has 0 aromatic carbocycles. The van der Waals surface area contributed by atoms with Crippen molar-refractivity contribution in [2.45, 2.75) is 328 Å². The van der Waals surface area contributed by atoms with E-state index in [1.54, 1.807) is 0 Å². The van der Waals surface area contributed by atoms with Gasteiger partial charge in [-0.2, -0.15) is 0 Å². The number of carbonyl (C=O) groups is 3. The van der Waals surface area contributed by atoms with E-state index in [2.05, 4.69) is 69.4 Å². The van der Waals surface area contributed by atoms with E-state index in [9.17, 15) is 28.9 Å².